The van der Waals surface area contributed by atoms with Crippen LogP contribution in [0.4, 0.5) is 16.0 Å². The van der Waals surface area contributed by atoms with Crippen LogP contribution in [-0.2, 0) is 17.9 Å². The lowest BCUT2D eigenvalue weighted by molar-refractivity contribution is -0.129. The van der Waals surface area contributed by atoms with Gasteiger partial charge in [0.05, 0.1) is 18.4 Å². The molecule has 3 heterocycles. The molecule has 4 aromatic rings. The number of nitrogens with one attached hydrogen (secondary N) is 1. The maximum absolute atomic E-state index is 14.0. The van der Waals surface area contributed by atoms with E-state index in [1.807, 2.05) is 22.9 Å². The monoisotopic (exact) mass is 393 g/mol. The second kappa shape index (κ2) is 7.70. The summed E-state index contributed by atoms with van der Waals surface area (Å²) in [6, 6.07) is 8.57. The van der Waals surface area contributed by atoms with Crippen LogP contribution < -0.4 is 5.32 Å². The van der Waals surface area contributed by atoms with Crippen molar-refractivity contribution in [3.8, 4) is 0 Å². The number of aromatic nitrogens is 5. The SMILES string of the molecule is CN(C)C(=O)Cn1cc(Nc2ncc3ccn(Cc4ccccc4F)c3n2)cn1. The first-order valence-corrected chi connectivity index (χ1v) is 9.04. The summed E-state index contributed by atoms with van der Waals surface area (Å²) in [6.07, 6.45) is 6.89. The number of benzene rings is 1. The Bertz CT molecular complexity index is 1160. The Hall–Kier alpha value is -3.75. The fourth-order valence-electron chi connectivity index (χ4n) is 2.89. The maximum Gasteiger partial charge on any atom is 0.243 e. The zero-order chi connectivity index (χ0) is 20.4. The highest BCUT2D eigenvalue weighted by molar-refractivity contribution is 5.77. The first-order valence-electron chi connectivity index (χ1n) is 9.04. The van der Waals surface area contributed by atoms with E-state index in [-0.39, 0.29) is 18.3 Å². The predicted molar refractivity (Wildman–Crippen MR) is 107 cm³/mol. The Morgan fingerprint density at radius 3 is 2.83 bits per heavy atom. The van der Waals surface area contributed by atoms with Crippen molar-refractivity contribution in [3.05, 3.63) is 66.5 Å². The molecule has 9 heteroatoms. The van der Waals surface area contributed by atoms with Crippen molar-refractivity contribution in [2.75, 3.05) is 19.4 Å². The van der Waals surface area contributed by atoms with Crippen molar-refractivity contribution in [2.45, 2.75) is 13.1 Å². The smallest absolute Gasteiger partial charge is 0.243 e. The van der Waals surface area contributed by atoms with Crippen molar-refractivity contribution < 1.29 is 9.18 Å². The standard InChI is InChI=1S/C20H20FN7O/c1-26(2)18(29)13-28-12-16(10-23-28)24-20-22-9-14-7-8-27(19(14)25-20)11-15-5-3-4-6-17(15)21/h3-10,12H,11,13H2,1-2H3,(H,22,24,25). The third-order valence-corrected chi connectivity index (χ3v) is 4.49. The molecule has 29 heavy (non-hydrogen) atoms. The number of carbonyl (C=O) groups excluding carboxylic acids is 1. The van der Waals surface area contributed by atoms with Gasteiger partial charge in [-0.3, -0.25) is 9.48 Å². The molecular weight excluding hydrogens is 373 g/mol. The molecule has 0 radical (unpaired) electrons. The van der Waals surface area contributed by atoms with Crippen LogP contribution in [0.15, 0.2) is 55.1 Å². The van der Waals surface area contributed by atoms with Gasteiger partial charge in [-0.25, -0.2) is 9.37 Å². The first-order chi connectivity index (χ1) is 14.0. The summed E-state index contributed by atoms with van der Waals surface area (Å²) in [5.41, 5.74) is 1.95. The summed E-state index contributed by atoms with van der Waals surface area (Å²) < 4.78 is 17.4. The van der Waals surface area contributed by atoms with E-state index in [0.29, 0.717) is 29.4 Å². The summed E-state index contributed by atoms with van der Waals surface area (Å²) in [5.74, 6) is 0.0919. The van der Waals surface area contributed by atoms with E-state index in [1.165, 1.54) is 11.0 Å². The second-order valence-corrected chi connectivity index (χ2v) is 6.85. The molecule has 0 saturated carbocycles. The highest BCUT2D eigenvalue weighted by Gasteiger charge is 2.10. The van der Waals surface area contributed by atoms with Crippen LogP contribution in [0.5, 0.6) is 0 Å². The van der Waals surface area contributed by atoms with Crippen LogP contribution in [0.2, 0.25) is 0 Å². The van der Waals surface area contributed by atoms with Crippen molar-refractivity contribution in [1.29, 1.82) is 0 Å². The Morgan fingerprint density at radius 2 is 2.03 bits per heavy atom. The van der Waals surface area contributed by atoms with Gasteiger partial charge in [-0.1, -0.05) is 18.2 Å². The van der Waals surface area contributed by atoms with Gasteiger partial charge in [0.15, 0.2) is 0 Å². The predicted octanol–water partition coefficient (Wildman–Crippen LogP) is 2.65. The summed E-state index contributed by atoms with van der Waals surface area (Å²) in [6.45, 7) is 0.525. The lowest BCUT2D eigenvalue weighted by Gasteiger charge is -2.09. The number of anilines is 2. The zero-order valence-electron chi connectivity index (χ0n) is 16.1. The Morgan fingerprint density at radius 1 is 1.21 bits per heavy atom. The molecule has 0 saturated heterocycles. The lowest BCUT2D eigenvalue weighted by Crippen LogP contribution is -2.26. The third-order valence-electron chi connectivity index (χ3n) is 4.49. The maximum atomic E-state index is 14.0. The van der Waals surface area contributed by atoms with E-state index in [4.69, 9.17) is 0 Å². The average molecular weight is 393 g/mol. The molecule has 0 bridgehead atoms. The number of halogens is 1. The van der Waals surface area contributed by atoms with Gasteiger partial charge in [0.1, 0.15) is 18.0 Å². The van der Waals surface area contributed by atoms with Crippen molar-refractivity contribution in [2.24, 2.45) is 0 Å². The summed E-state index contributed by atoms with van der Waals surface area (Å²) in [7, 11) is 3.40. The molecule has 1 N–H and O–H groups in total. The minimum Gasteiger partial charge on any atom is -0.347 e. The number of likely N-dealkylation sites (N-methyl/N-ethyl adjacent to an activating group) is 1. The van der Waals surface area contributed by atoms with Crippen LogP contribution in [0, 0.1) is 5.82 Å². The number of hydrogen-bond acceptors (Lipinski definition) is 5. The van der Waals surface area contributed by atoms with Gasteiger partial charge in [0.25, 0.3) is 0 Å². The lowest BCUT2D eigenvalue weighted by atomic mass is 10.2. The van der Waals surface area contributed by atoms with Gasteiger partial charge in [-0.15, -0.1) is 0 Å². The number of carbonyl (C=O) groups is 1. The molecule has 0 fully saturated rings. The van der Waals surface area contributed by atoms with E-state index < -0.39 is 0 Å². The number of amides is 1. The van der Waals surface area contributed by atoms with Crippen molar-refractivity contribution >= 4 is 28.6 Å². The van der Waals surface area contributed by atoms with Crippen molar-refractivity contribution in [3.63, 3.8) is 0 Å². The molecule has 0 aliphatic heterocycles. The third kappa shape index (κ3) is 4.08. The molecule has 8 nitrogen and oxygen atoms in total. The number of fused-ring (bicyclic) bond motifs is 1. The summed E-state index contributed by atoms with van der Waals surface area (Å²) in [5, 5.41) is 8.13. The minimum atomic E-state index is -0.249. The Labute approximate surface area is 166 Å². The fraction of sp³-hybridized carbons (Fsp3) is 0.200. The Kier molecular flexibility index (Phi) is 4.94. The number of nitrogens with zero attached hydrogens (tertiary/aromatic N) is 6. The molecule has 0 unspecified atom stereocenters. The quantitative estimate of drug-likeness (QED) is 0.545. The van der Waals surface area contributed by atoms with Gasteiger partial charge in [0, 0.05) is 43.6 Å². The topological polar surface area (TPSA) is 80.9 Å². The van der Waals surface area contributed by atoms with E-state index in [2.05, 4.69) is 20.4 Å². The largest absolute Gasteiger partial charge is 0.347 e. The van der Waals surface area contributed by atoms with Crippen LogP contribution >= 0.6 is 0 Å². The Balaban J connectivity index is 1.54. The molecule has 0 aliphatic rings. The van der Waals surface area contributed by atoms with Crippen LogP contribution in [-0.4, -0.2) is 49.2 Å². The molecule has 1 amide bonds. The van der Waals surface area contributed by atoms with Gasteiger partial charge >= 0.3 is 0 Å². The van der Waals surface area contributed by atoms with Gasteiger partial charge in [-0.2, -0.15) is 10.1 Å². The molecular formula is C20H20FN7O. The second-order valence-electron chi connectivity index (χ2n) is 6.85. The molecule has 0 aliphatic carbocycles. The molecule has 1 aromatic carbocycles. The molecule has 4 rings (SSSR count). The minimum absolute atomic E-state index is 0.0525. The molecule has 0 spiro atoms. The van der Waals surface area contributed by atoms with Crippen LogP contribution in [0.25, 0.3) is 11.0 Å². The van der Waals surface area contributed by atoms with E-state index in [1.54, 1.807) is 49.5 Å². The first kappa shape index (κ1) is 18.6. The molecule has 0 atom stereocenters. The van der Waals surface area contributed by atoms with E-state index in [0.717, 1.165) is 5.39 Å². The number of rotatable bonds is 6. The normalized spacial score (nSPS) is 11.0. The number of hydrogen-bond donors (Lipinski definition) is 1. The fourth-order valence-corrected chi connectivity index (χ4v) is 2.89. The van der Waals surface area contributed by atoms with Crippen molar-refractivity contribution in [1.82, 2.24) is 29.2 Å². The molecule has 3 aromatic heterocycles. The highest BCUT2D eigenvalue weighted by atomic mass is 19.1. The van der Waals surface area contributed by atoms with Gasteiger partial charge < -0.3 is 14.8 Å². The van der Waals surface area contributed by atoms with E-state index >= 15 is 0 Å². The van der Waals surface area contributed by atoms with Gasteiger partial charge in [0.2, 0.25) is 11.9 Å². The van der Waals surface area contributed by atoms with Gasteiger partial charge in [-0.05, 0) is 12.1 Å². The average Bonchev–Trinajstić information content (AvgIpc) is 3.30. The molecule has 148 valence electrons. The van der Waals surface area contributed by atoms with Crippen LogP contribution in [0.3, 0.4) is 0 Å². The highest BCUT2D eigenvalue weighted by Crippen LogP contribution is 2.19. The van der Waals surface area contributed by atoms with E-state index in [9.17, 15) is 9.18 Å². The van der Waals surface area contributed by atoms with Crippen LogP contribution in [0.1, 0.15) is 5.56 Å². The summed E-state index contributed by atoms with van der Waals surface area (Å²) >= 11 is 0. The summed E-state index contributed by atoms with van der Waals surface area (Å²) in [4.78, 5) is 22.2. The zero-order valence-corrected chi connectivity index (χ0v) is 16.1.